The molecule has 1 aromatic carbocycles. The van der Waals surface area contributed by atoms with Gasteiger partial charge in [-0.3, -0.25) is 0 Å². The Morgan fingerprint density at radius 2 is 1.96 bits per heavy atom. The summed E-state index contributed by atoms with van der Waals surface area (Å²) in [4.78, 5) is 14.6. The van der Waals surface area contributed by atoms with E-state index in [0.717, 1.165) is 12.1 Å². The van der Waals surface area contributed by atoms with Gasteiger partial charge in [0.1, 0.15) is 0 Å². The van der Waals surface area contributed by atoms with Gasteiger partial charge in [-0.05, 0) is 25.1 Å². The second-order valence-corrected chi connectivity index (χ2v) is 5.48. The summed E-state index contributed by atoms with van der Waals surface area (Å²) < 4.78 is 49.3. The fourth-order valence-corrected chi connectivity index (χ4v) is 2.40. The first-order chi connectivity index (χ1) is 12.5. The number of anilines is 3. The maximum absolute atomic E-state index is 12.9. The molecule has 1 N–H and O–H groups in total. The van der Waals surface area contributed by atoms with Gasteiger partial charge in [-0.15, -0.1) is 0 Å². The average Bonchev–Trinajstić information content (AvgIpc) is 2.62. The van der Waals surface area contributed by atoms with Gasteiger partial charge in [0.2, 0.25) is 11.9 Å². The highest BCUT2D eigenvalue weighted by Gasteiger charge is 2.30. The molecular formula is C16H18F3N5O2. The Kier molecular flexibility index (Phi) is 5.40. The van der Waals surface area contributed by atoms with Crippen molar-refractivity contribution in [1.29, 1.82) is 0 Å². The van der Waals surface area contributed by atoms with Crippen LogP contribution in [-0.4, -0.2) is 47.9 Å². The molecule has 0 saturated carbocycles. The van der Waals surface area contributed by atoms with Crippen molar-refractivity contribution < 1.29 is 22.6 Å². The Hall–Kier alpha value is -2.62. The number of alkyl halides is 3. The predicted octanol–water partition coefficient (Wildman–Crippen LogP) is 2.87. The number of hydrogen-bond acceptors (Lipinski definition) is 7. The van der Waals surface area contributed by atoms with Crippen LogP contribution in [0.3, 0.4) is 0 Å². The van der Waals surface area contributed by atoms with Crippen LogP contribution in [0.4, 0.5) is 30.8 Å². The highest BCUT2D eigenvalue weighted by atomic mass is 19.4. The third kappa shape index (κ3) is 4.51. The molecule has 140 valence electrons. The third-order valence-corrected chi connectivity index (χ3v) is 3.62. The van der Waals surface area contributed by atoms with Crippen molar-refractivity contribution in [3.05, 3.63) is 29.8 Å². The fraction of sp³-hybridized carbons (Fsp3) is 0.438. The molecule has 1 aromatic heterocycles. The molecule has 1 aliphatic heterocycles. The zero-order valence-corrected chi connectivity index (χ0v) is 14.1. The van der Waals surface area contributed by atoms with Crippen LogP contribution in [0, 0.1) is 0 Å². The highest BCUT2D eigenvalue weighted by Crippen LogP contribution is 2.31. The van der Waals surface area contributed by atoms with Gasteiger partial charge in [0, 0.05) is 18.8 Å². The van der Waals surface area contributed by atoms with E-state index in [2.05, 4.69) is 20.3 Å². The summed E-state index contributed by atoms with van der Waals surface area (Å²) in [6.45, 7) is 4.46. The molecule has 0 amide bonds. The van der Waals surface area contributed by atoms with Crippen LogP contribution < -0.4 is 15.0 Å². The van der Waals surface area contributed by atoms with Crippen LogP contribution in [0.5, 0.6) is 6.01 Å². The van der Waals surface area contributed by atoms with Gasteiger partial charge in [0.25, 0.3) is 0 Å². The van der Waals surface area contributed by atoms with Crippen molar-refractivity contribution in [3.8, 4) is 6.01 Å². The van der Waals surface area contributed by atoms with Gasteiger partial charge >= 0.3 is 12.2 Å². The summed E-state index contributed by atoms with van der Waals surface area (Å²) >= 11 is 0. The minimum absolute atomic E-state index is 0.110. The topological polar surface area (TPSA) is 72.4 Å². The molecule has 7 nitrogen and oxygen atoms in total. The number of benzene rings is 1. The SMILES string of the molecule is CCOc1nc(Nc2cccc(C(F)(F)F)c2)nc(N2CCOCC2)n1. The largest absolute Gasteiger partial charge is 0.464 e. The molecule has 0 unspecified atom stereocenters. The molecule has 1 saturated heterocycles. The van der Waals surface area contributed by atoms with Gasteiger partial charge in [-0.25, -0.2) is 0 Å². The lowest BCUT2D eigenvalue weighted by molar-refractivity contribution is -0.137. The van der Waals surface area contributed by atoms with E-state index in [4.69, 9.17) is 9.47 Å². The van der Waals surface area contributed by atoms with Gasteiger partial charge in [-0.2, -0.15) is 28.1 Å². The van der Waals surface area contributed by atoms with Gasteiger partial charge < -0.3 is 19.7 Å². The fourth-order valence-electron chi connectivity index (χ4n) is 2.40. The summed E-state index contributed by atoms with van der Waals surface area (Å²) in [7, 11) is 0. The number of hydrogen-bond donors (Lipinski definition) is 1. The van der Waals surface area contributed by atoms with E-state index < -0.39 is 11.7 Å². The summed E-state index contributed by atoms with van der Waals surface area (Å²) in [5.41, 5.74) is -0.531. The van der Waals surface area contributed by atoms with Gasteiger partial charge in [-0.1, -0.05) is 6.07 Å². The van der Waals surface area contributed by atoms with Crippen LogP contribution in [0.2, 0.25) is 0 Å². The minimum atomic E-state index is -4.42. The molecule has 0 bridgehead atoms. The lowest BCUT2D eigenvalue weighted by Crippen LogP contribution is -2.37. The Bertz CT molecular complexity index is 751. The maximum Gasteiger partial charge on any atom is 0.416 e. The second kappa shape index (κ2) is 7.73. The quantitative estimate of drug-likeness (QED) is 0.869. The number of ether oxygens (including phenoxy) is 2. The molecule has 1 fully saturated rings. The molecule has 2 heterocycles. The lowest BCUT2D eigenvalue weighted by atomic mass is 10.2. The first-order valence-electron chi connectivity index (χ1n) is 8.11. The molecule has 10 heteroatoms. The van der Waals surface area contributed by atoms with Crippen molar-refractivity contribution in [2.45, 2.75) is 13.1 Å². The molecule has 1 aliphatic rings. The number of nitrogens with zero attached hydrogens (tertiary/aromatic N) is 4. The Morgan fingerprint density at radius 3 is 2.65 bits per heavy atom. The molecular weight excluding hydrogens is 351 g/mol. The van der Waals surface area contributed by atoms with Crippen LogP contribution in [0.25, 0.3) is 0 Å². The van der Waals surface area contributed by atoms with Crippen LogP contribution in [0.1, 0.15) is 12.5 Å². The van der Waals surface area contributed by atoms with E-state index in [-0.39, 0.29) is 17.6 Å². The number of rotatable bonds is 5. The molecule has 3 rings (SSSR count). The smallest absolute Gasteiger partial charge is 0.416 e. The zero-order valence-electron chi connectivity index (χ0n) is 14.1. The second-order valence-electron chi connectivity index (χ2n) is 5.48. The molecule has 2 aromatic rings. The number of morpholine rings is 1. The molecule has 0 aliphatic carbocycles. The van der Waals surface area contributed by atoms with Crippen LogP contribution >= 0.6 is 0 Å². The van der Waals surface area contributed by atoms with E-state index in [1.165, 1.54) is 12.1 Å². The van der Waals surface area contributed by atoms with Gasteiger partial charge in [0.05, 0.1) is 25.4 Å². The van der Waals surface area contributed by atoms with E-state index in [9.17, 15) is 13.2 Å². The summed E-state index contributed by atoms with van der Waals surface area (Å²) in [5, 5.41) is 2.79. The minimum Gasteiger partial charge on any atom is -0.464 e. The van der Waals surface area contributed by atoms with E-state index >= 15 is 0 Å². The van der Waals surface area contributed by atoms with Gasteiger partial charge in [0.15, 0.2) is 0 Å². The first kappa shape index (κ1) is 18.2. The molecule has 26 heavy (non-hydrogen) atoms. The van der Waals surface area contributed by atoms with Crippen molar-refractivity contribution >= 4 is 17.6 Å². The van der Waals surface area contributed by atoms with E-state index in [1.54, 1.807) is 6.92 Å². The lowest BCUT2D eigenvalue weighted by Gasteiger charge is -2.27. The first-order valence-corrected chi connectivity index (χ1v) is 8.11. The maximum atomic E-state index is 12.9. The Labute approximate surface area is 148 Å². The molecule has 0 spiro atoms. The average molecular weight is 369 g/mol. The predicted molar refractivity (Wildman–Crippen MR) is 88.8 cm³/mol. The number of halogens is 3. The van der Waals surface area contributed by atoms with Crippen molar-refractivity contribution in [1.82, 2.24) is 15.0 Å². The Morgan fingerprint density at radius 1 is 1.19 bits per heavy atom. The summed E-state index contributed by atoms with van der Waals surface area (Å²) in [6, 6.07) is 4.94. The number of nitrogens with one attached hydrogen (secondary N) is 1. The molecule has 0 radical (unpaired) electrons. The van der Waals surface area contributed by atoms with E-state index in [0.29, 0.717) is 38.9 Å². The number of aromatic nitrogens is 3. The Balaban J connectivity index is 1.87. The van der Waals surface area contributed by atoms with Crippen molar-refractivity contribution in [3.63, 3.8) is 0 Å². The highest BCUT2D eigenvalue weighted by molar-refractivity contribution is 5.56. The zero-order chi connectivity index (χ0) is 18.6. The monoisotopic (exact) mass is 369 g/mol. The summed E-state index contributed by atoms with van der Waals surface area (Å²) in [6.07, 6.45) is -4.42. The van der Waals surface area contributed by atoms with E-state index in [1.807, 2.05) is 4.90 Å². The van der Waals surface area contributed by atoms with Crippen molar-refractivity contribution in [2.75, 3.05) is 43.1 Å². The molecule has 0 atom stereocenters. The summed E-state index contributed by atoms with van der Waals surface area (Å²) in [5.74, 6) is 0.505. The van der Waals surface area contributed by atoms with Crippen molar-refractivity contribution in [2.24, 2.45) is 0 Å². The standard InChI is InChI=1S/C16H18F3N5O2/c1-2-26-15-22-13(21-14(23-15)24-6-8-25-9-7-24)20-12-5-3-4-11(10-12)16(17,18)19/h3-5,10H,2,6-9H2,1H3,(H,20,21,22,23). The normalized spacial score (nSPS) is 15.0. The van der Waals surface area contributed by atoms with Crippen LogP contribution in [0.15, 0.2) is 24.3 Å². The van der Waals surface area contributed by atoms with Crippen LogP contribution in [-0.2, 0) is 10.9 Å². The third-order valence-electron chi connectivity index (χ3n) is 3.62.